The van der Waals surface area contributed by atoms with E-state index in [0.717, 1.165) is 6.07 Å². The molecule has 0 saturated carbocycles. The number of aromatic nitrogens is 2. The van der Waals surface area contributed by atoms with Crippen molar-refractivity contribution in [3.63, 3.8) is 0 Å². The molecule has 1 aliphatic heterocycles. The lowest BCUT2D eigenvalue weighted by Crippen LogP contribution is -2.36. The molecule has 0 spiro atoms. The van der Waals surface area contributed by atoms with Crippen molar-refractivity contribution in [1.29, 1.82) is 0 Å². The van der Waals surface area contributed by atoms with Crippen molar-refractivity contribution in [3.05, 3.63) is 46.9 Å². The second-order valence-electron chi connectivity index (χ2n) is 6.28. The Hall–Kier alpha value is -2.97. The number of aromatic hydroxyl groups is 1. The molecule has 144 valence electrons. The number of hydrogen-bond acceptors (Lipinski definition) is 6. The number of ether oxygens (including phenoxy) is 1. The minimum Gasteiger partial charge on any atom is -0.507 e. The third kappa shape index (κ3) is 3.32. The Morgan fingerprint density at radius 3 is 2.54 bits per heavy atom. The van der Waals surface area contributed by atoms with Gasteiger partial charge >= 0.3 is 5.97 Å². The van der Waals surface area contributed by atoms with Crippen LogP contribution in [0.25, 0.3) is 22.2 Å². The van der Waals surface area contributed by atoms with Crippen LogP contribution < -0.4 is 4.90 Å². The van der Waals surface area contributed by atoms with Crippen molar-refractivity contribution < 1.29 is 24.1 Å². The fourth-order valence-electron chi connectivity index (χ4n) is 3.15. The SMILES string of the molecule is O=C(O)c1cc(Cl)c2nc(N3CCOCC3)cc(-c3ccc(F)cc3O)c2n1. The lowest BCUT2D eigenvalue weighted by molar-refractivity contribution is 0.0691. The molecule has 0 atom stereocenters. The van der Waals surface area contributed by atoms with Crippen LogP contribution in [0.2, 0.25) is 5.02 Å². The van der Waals surface area contributed by atoms with Gasteiger partial charge in [0.05, 0.1) is 23.8 Å². The fourth-order valence-corrected chi connectivity index (χ4v) is 3.38. The second kappa shape index (κ2) is 7.21. The maximum atomic E-state index is 13.5. The Balaban J connectivity index is 2.01. The molecule has 3 heterocycles. The fraction of sp³-hybridized carbons (Fsp3) is 0.211. The average Bonchev–Trinajstić information content (AvgIpc) is 2.68. The number of anilines is 1. The maximum absolute atomic E-state index is 13.5. The quantitative estimate of drug-likeness (QED) is 0.692. The summed E-state index contributed by atoms with van der Waals surface area (Å²) >= 11 is 6.31. The number of nitrogens with zero attached hydrogens (tertiary/aromatic N) is 3. The molecule has 0 unspecified atom stereocenters. The Kier molecular flexibility index (Phi) is 4.74. The summed E-state index contributed by atoms with van der Waals surface area (Å²) in [6.07, 6.45) is 0. The second-order valence-corrected chi connectivity index (χ2v) is 6.69. The summed E-state index contributed by atoms with van der Waals surface area (Å²) in [6, 6.07) is 6.52. The number of aromatic carboxylic acids is 1. The molecule has 9 heteroatoms. The third-order valence-electron chi connectivity index (χ3n) is 4.51. The van der Waals surface area contributed by atoms with Crippen molar-refractivity contribution >= 4 is 34.4 Å². The molecule has 0 bridgehead atoms. The van der Waals surface area contributed by atoms with Crippen molar-refractivity contribution in [2.45, 2.75) is 0 Å². The van der Waals surface area contributed by atoms with E-state index in [1.165, 1.54) is 18.2 Å². The molecule has 3 aromatic rings. The number of carboxylic acid groups (broad SMARTS) is 1. The molecule has 1 saturated heterocycles. The lowest BCUT2D eigenvalue weighted by Gasteiger charge is -2.28. The summed E-state index contributed by atoms with van der Waals surface area (Å²) in [6.45, 7) is 2.32. The smallest absolute Gasteiger partial charge is 0.354 e. The Morgan fingerprint density at radius 2 is 1.86 bits per heavy atom. The van der Waals surface area contributed by atoms with E-state index in [9.17, 15) is 19.4 Å². The van der Waals surface area contributed by atoms with Gasteiger partial charge in [0.15, 0.2) is 5.69 Å². The molecule has 7 nitrogen and oxygen atoms in total. The predicted molar refractivity (Wildman–Crippen MR) is 102 cm³/mol. The third-order valence-corrected chi connectivity index (χ3v) is 4.79. The Bertz CT molecular complexity index is 1090. The highest BCUT2D eigenvalue weighted by Crippen LogP contribution is 2.38. The highest BCUT2D eigenvalue weighted by molar-refractivity contribution is 6.35. The van der Waals surface area contributed by atoms with E-state index in [1.807, 2.05) is 4.90 Å². The van der Waals surface area contributed by atoms with Crippen LogP contribution in [0.4, 0.5) is 10.2 Å². The van der Waals surface area contributed by atoms with Gasteiger partial charge in [-0.25, -0.2) is 19.2 Å². The van der Waals surface area contributed by atoms with E-state index in [-0.39, 0.29) is 22.0 Å². The van der Waals surface area contributed by atoms with Crippen LogP contribution in [0.3, 0.4) is 0 Å². The van der Waals surface area contributed by atoms with Crippen LogP contribution in [0.15, 0.2) is 30.3 Å². The molecule has 1 aromatic carbocycles. The zero-order valence-corrected chi connectivity index (χ0v) is 15.3. The van der Waals surface area contributed by atoms with Gasteiger partial charge in [-0.1, -0.05) is 11.6 Å². The van der Waals surface area contributed by atoms with Crippen LogP contribution in [0.5, 0.6) is 5.75 Å². The zero-order chi connectivity index (χ0) is 19.8. The van der Waals surface area contributed by atoms with Crippen molar-refractivity contribution in [3.8, 4) is 16.9 Å². The lowest BCUT2D eigenvalue weighted by atomic mass is 10.0. The number of morpholine rings is 1. The first-order valence-electron chi connectivity index (χ1n) is 8.50. The van der Waals surface area contributed by atoms with Crippen LogP contribution in [-0.2, 0) is 4.74 Å². The number of benzene rings is 1. The van der Waals surface area contributed by atoms with Gasteiger partial charge in [-0.2, -0.15) is 0 Å². The maximum Gasteiger partial charge on any atom is 0.354 e. The highest BCUT2D eigenvalue weighted by Gasteiger charge is 2.21. The molecule has 0 aliphatic carbocycles. The summed E-state index contributed by atoms with van der Waals surface area (Å²) in [5.74, 6) is -1.54. The van der Waals surface area contributed by atoms with E-state index >= 15 is 0 Å². The number of phenolic OH excluding ortho intramolecular Hbond substituents is 1. The topological polar surface area (TPSA) is 95.8 Å². The summed E-state index contributed by atoms with van der Waals surface area (Å²) in [5.41, 5.74) is 0.975. The summed E-state index contributed by atoms with van der Waals surface area (Å²) in [4.78, 5) is 22.1. The van der Waals surface area contributed by atoms with E-state index < -0.39 is 11.8 Å². The first-order chi connectivity index (χ1) is 13.4. The van der Waals surface area contributed by atoms with Gasteiger partial charge in [-0.3, -0.25) is 0 Å². The highest BCUT2D eigenvalue weighted by atomic mass is 35.5. The number of carboxylic acids is 1. The normalized spacial score (nSPS) is 14.4. The van der Waals surface area contributed by atoms with Gasteiger partial charge < -0.3 is 19.8 Å². The number of halogens is 2. The minimum atomic E-state index is -1.24. The molecular weight excluding hydrogens is 389 g/mol. The van der Waals surface area contributed by atoms with Crippen molar-refractivity contribution in [1.82, 2.24) is 9.97 Å². The number of phenols is 1. The van der Waals surface area contributed by atoms with Crippen LogP contribution in [-0.4, -0.2) is 52.5 Å². The van der Waals surface area contributed by atoms with E-state index in [2.05, 4.69) is 9.97 Å². The van der Waals surface area contributed by atoms with Gasteiger partial charge in [0.1, 0.15) is 22.9 Å². The van der Waals surface area contributed by atoms with Crippen molar-refractivity contribution in [2.75, 3.05) is 31.2 Å². The molecular formula is C19H15ClFN3O4. The molecule has 2 N–H and O–H groups in total. The Labute approximate surface area is 164 Å². The average molecular weight is 404 g/mol. The molecule has 2 aromatic heterocycles. The van der Waals surface area contributed by atoms with E-state index in [4.69, 9.17) is 16.3 Å². The van der Waals surface area contributed by atoms with E-state index in [0.29, 0.717) is 48.8 Å². The first-order valence-corrected chi connectivity index (χ1v) is 8.88. The Morgan fingerprint density at radius 1 is 1.11 bits per heavy atom. The minimum absolute atomic E-state index is 0.125. The molecule has 0 radical (unpaired) electrons. The van der Waals surface area contributed by atoms with Gasteiger partial charge in [0, 0.05) is 30.3 Å². The summed E-state index contributed by atoms with van der Waals surface area (Å²) in [5, 5.41) is 19.7. The number of hydrogen-bond donors (Lipinski definition) is 2. The van der Waals surface area contributed by atoms with Crippen LogP contribution in [0.1, 0.15) is 10.5 Å². The van der Waals surface area contributed by atoms with E-state index in [1.54, 1.807) is 6.07 Å². The molecule has 1 aliphatic rings. The van der Waals surface area contributed by atoms with Crippen molar-refractivity contribution in [2.24, 2.45) is 0 Å². The number of fused-ring (bicyclic) bond motifs is 1. The number of carbonyl (C=O) groups is 1. The number of pyridine rings is 2. The standard InChI is InChI=1S/C19H15ClFN3O4/c20-13-9-14(19(26)27)22-17-12(11-2-1-10(21)7-15(11)25)8-16(23-18(13)17)24-3-5-28-6-4-24/h1-2,7-9,25H,3-6H2,(H,26,27). The molecule has 28 heavy (non-hydrogen) atoms. The van der Waals surface area contributed by atoms with Gasteiger partial charge in [-0.05, 0) is 24.3 Å². The molecule has 4 rings (SSSR count). The summed E-state index contributed by atoms with van der Waals surface area (Å²) in [7, 11) is 0. The first kappa shape index (κ1) is 18.4. The number of rotatable bonds is 3. The predicted octanol–water partition coefficient (Wildman–Crippen LogP) is 3.33. The monoisotopic (exact) mass is 403 g/mol. The van der Waals surface area contributed by atoms with Crippen LogP contribution >= 0.6 is 11.6 Å². The van der Waals surface area contributed by atoms with Gasteiger partial charge in [-0.15, -0.1) is 0 Å². The largest absolute Gasteiger partial charge is 0.507 e. The van der Waals surface area contributed by atoms with Gasteiger partial charge in [0.25, 0.3) is 0 Å². The van der Waals surface area contributed by atoms with Gasteiger partial charge in [0.2, 0.25) is 0 Å². The molecule has 1 fully saturated rings. The molecule has 0 amide bonds. The summed E-state index contributed by atoms with van der Waals surface area (Å²) < 4.78 is 18.8. The zero-order valence-electron chi connectivity index (χ0n) is 14.5. The van der Waals surface area contributed by atoms with Crippen LogP contribution in [0, 0.1) is 5.82 Å².